The topological polar surface area (TPSA) is 56.7 Å². The molecule has 4 nitrogen and oxygen atoms in total. The molecule has 118 valence electrons. The van der Waals surface area contributed by atoms with Gasteiger partial charge < -0.3 is 15.7 Å². The van der Waals surface area contributed by atoms with Gasteiger partial charge in [0, 0.05) is 23.2 Å². The Morgan fingerprint density at radius 2 is 2.38 bits per heavy atom. The Labute approximate surface area is 139 Å². The summed E-state index contributed by atoms with van der Waals surface area (Å²) in [4.78, 5) is 5.31. The van der Waals surface area contributed by atoms with Crippen molar-refractivity contribution in [3.8, 4) is 0 Å². The molecule has 0 bridgehead atoms. The summed E-state index contributed by atoms with van der Waals surface area (Å²) in [7, 11) is 0. The smallest absolute Gasteiger partial charge is 0.191 e. The molecule has 1 aromatic heterocycles. The van der Waals surface area contributed by atoms with Crippen LogP contribution >= 0.6 is 34.7 Å². The number of thiophene rings is 1. The molecule has 7 heteroatoms. The fraction of sp³-hybridized carbons (Fsp3) is 0.643. The van der Waals surface area contributed by atoms with Crippen molar-refractivity contribution in [2.75, 3.05) is 25.4 Å². The molecule has 2 heterocycles. The maximum Gasteiger partial charge on any atom is 0.191 e. The van der Waals surface area contributed by atoms with Gasteiger partial charge in [0.2, 0.25) is 0 Å². The number of aliphatic hydroxyl groups excluding tert-OH is 1. The minimum Gasteiger partial charge on any atom is -0.386 e. The van der Waals surface area contributed by atoms with Gasteiger partial charge in [0.05, 0.1) is 10.9 Å². The van der Waals surface area contributed by atoms with Crippen LogP contribution < -0.4 is 10.6 Å². The van der Waals surface area contributed by atoms with E-state index in [1.165, 1.54) is 29.9 Å². The van der Waals surface area contributed by atoms with Crippen molar-refractivity contribution in [1.29, 1.82) is 0 Å². The molecule has 2 atom stereocenters. The highest BCUT2D eigenvalue weighted by atomic mass is 35.5. The third kappa shape index (κ3) is 5.70. The molecule has 1 fully saturated rings. The molecule has 0 amide bonds. The van der Waals surface area contributed by atoms with E-state index in [1.807, 2.05) is 24.8 Å². The highest BCUT2D eigenvalue weighted by Gasteiger charge is 2.16. The van der Waals surface area contributed by atoms with Gasteiger partial charge in [-0.25, -0.2) is 0 Å². The molecule has 0 aromatic carbocycles. The van der Waals surface area contributed by atoms with Crippen molar-refractivity contribution < 1.29 is 5.11 Å². The Balaban J connectivity index is 1.83. The van der Waals surface area contributed by atoms with Gasteiger partial charge >= 0.3 is 0 Å². The van der Waals surface area contributed by atoms with Crippen LogP contribution in [0.5, 0.6) is 0 Å². The van der Waals surface area contributed by atoms with Crippen LogP contribution in [-0.2, 0) is 0 Å². The summed E-state index contributed by atoms with van der Waals surface area (Å²) >= 11 is 9.30. The Bertz CT molecular complexity index is 461. The molecule has 0 spiro atoms. The summed E-state index contributed by atoms with van der Waals surface area (Å²) in [6, 6.07) is 3.65. The molecule has 1 aliphatic heterocycles. The molecule has 0 radical (unpaired) electrons. The van der Waals surface area contributed by atoms with Gasteiger partial charge in [-0.15, -0.1) is 11.3 Å². The maximum atomic E-state index is 10.1. The normalized spacial score (nSPS) is 20.5. The first-order valence-corrected chi connectivity index (χ1v) is 9.50. The average Bonchev–Trinajstić information content (AvgIpc) is 3.13. The Kier molecular flexibility index (Phi) is 7.16. The first kappa shape index (κ1) is 16.9. The molecule has 1 aromatic rings. The van der Waals surface area contributed by atoms with Gasteiger partial charge in [0.25, 0.3) is 0 Å². The van der Waals surface area contributed by atoms with Crippen molar-refractivity contribution in [1.82, 2.24) is 10.6 Å². The van der Waals surface area contributed by atoms with Crippen LogP contribution in [-0.4, -0.2) is 41.7 Å². The summed E-state index contributed by atoms with van der Waals surface area (Å²) in [6.07, 6.45) is 1.98. The van der Waals surface area contributed by atoms with Crippen molar-refractivity contribution in [3.63, 3.8) is 0 Å². The monoisotopic (exact) mass is 347 g/mol. The number of aliphatic imine (C=N–C) groups is 1. The van der Waals surface area contributed by atoms with Gasteiger partial charge in [-0.1, -0.05) is 11.6 Å². The summed E-state index contributed by atoms with van der Waals surface area (Å²) in [5.74, 6) is 2.03. The second-order valence-corrected chi connectivity index (χ2v) is 8.05. The first-order chi connectivity index (χ1) is 10.2. The number of hydrogen-bond donors (Lipinski definition) is 3. The van der Waals surface area contributed by atoms with E-state index in [2.05, 4.69) is 15.6 Å². The molecule has 0 aliphatic carbocycles. The fourth-order valence-electron chi connectivity index (χ4n) is 2.13. The van der Waals surface area contributed by atoms with Crippen LogP contribution in [0.25, 0.3) is 0 Å². The standard InChI is InChI=1S/C14H22ClN3OS2/c1-2-16-14(17-8-10-4-3-7-20-10)18-9-11(19)12-5-6-13(15)21-12/h5-6,10-11,19H,2-4,7-9H2,1H3,(H2,16,17,18). The minimum absolute atomic E-state index is 0.337. The number of guanidine groups is 1. The quantitative estimate of drug-likeness (QED) is 0.547. The third-order valence-corrected chi connectivity index (χ3v) is 5.94. The lowest BCUT2D eigenvalue weighted by Gasteiger charge is -2.15. The van der Waals surface area contributed by atoms with Crippen LogP contribution in [0.4, 0.5) is 0 Å². The lowest BCUT2D eigenvalue weighted by atomic mass is 10.2. The summed E-state index contributed by atoms with van der Waals surface area (Å²) in [5, 5.41) is 17.4. The highest BCUT2D eigenvalue weighted by molar-refractivity contribution is 8.00. The molecule has 2 unspecified atom stereocenters. The molecule has 1 saturated heterocycles. The van der Waals surface area contributed by atoms with E-state index in [4.69, 9.17) is 11.6 Å². The lowest BCUT2D eigenvalue weighted by Crippen LogP contribution is -2.40. The van der Waals surface area contributed by atoms with E-state index < -0.39 is 6.10 Å². The zero-order valence-corrected chi connectivity index (χ0v) is 14.5. The highest BCUT2D eigenvalue weighted by Crippen LogP contribution is 2.27. The Morgan fingerprint density at radius 3 is 3.00 bits per heavy atom. The van der Waals surface area contributed by atoms with Gasteiger partial charge in [0.15, 0.2) is 5.96 Å². The van der Waals surface area contributed by atoms with Gasteiger partial charge in [-0.2, -0.15) is 11.8 Å². The van der Waals surface area contributed by atoms with E-state index in [1.54, 1.807) is 6.07 Å². The number of thioether (sulfide) groups is 1. The van der Waals surface area contributed by atoms with Gasteiger partial charge in [0.1, 0.15) is 6.10 Å². The minimum atomic E-state index is -0.598. The van der Waals surface area contributed by atoms with Gasteiger partial charge in [-0.05, 0) is 37.7 Å². The predicted octanol–water partition coefficient (Wildman–Crippen LogP) is 2.89. The van der Waals surface area contributed by atoms with Crippen LogP contribution in [0.1, 0.15) is 30.7 Å². The number of nitrogens with zero attached hydrogens (tertiary/aromatic N) is 1. The van der Waals surface area contributed by atoms with E-state index in [0.29, 0.717) is 16.1 Å². The fourth-order valence-corrected chi connectivity index (χ4v) is 4.37. The molecule has 21 heavy (non-hydrogen) atoms. The van der Waals surface area contributed by atoms with Crippen molar-refractivity contribution >= 4 is 40.7 Å². The number of aliphatic hydroxyl groups is 1. The molecule has 2 rings (SSSR count). The zero-order valence-electron chi connectivity index (χ0n) is 12.1. The zero-order chi connectivity index (χ0) is 15.1. The molecular weight excluding hydrogens is 326 g/mol. The van der Waals surface area contributed by atoms with E-state index >= 15 is 0 Å². The lowest BCUT2D eigenvalue weighted by molar-refractivity contribution is 0.191. The van der Waals surface area contributed by atoms with Crippen molar-refractivity contribution in [2.45, 2.75) is 31.1 Å². The molecule has 0 saturated carbocycles. The van der Waals surface area contributed by atoms with Crippen LogP contribution in [0.2, 0.25) is 4.34 Å². The van der Waals surface area contributed by atoms with E-state index in [-0.39, 0.29) is 0 Å². The number of hydrogen-bond acceptors (Lipinski definition) is 4. The van der Waals surface area contributed by atoms with Crippen LogP contribution in [0.15, 0.2) is 17.1 Å². The molecule has 3 N–H and O–H groups in total. The van der Waals surface area contributed by atoms with Crippen LogP contribution in [0.3, 0.4) is 0 Å². The second kappa shape index (κ2) is 8.88. The largest absolute Gasteiger partial charge is 0.386 e. The molecule has 1 aliphatic rings. The van der Waals surface area contributed by atoms with Gasteiger partial charge in [-0.3, -0.25) is 4.99 Å². The first-order valence-electron chi connectivity index (χ1n) is 7.26. The summed E-state index contributed by atoms with van der Waals surface area (Å²) in [5.41, 5.74) is 0. The second-order valence-electron chi connectivity index (χ2n) is 4.89. The molecular formula is C14H22ClN3OS2. The SMILES string of the molecule is CCNC(=NCC(O)c1ccc(Cl)s1)NCC1CCCS1. The van der Waals surface area contributed by atoms with E-state index in [0.717, 1.165) is 23.9 Å². The number of nitrogens with one attached hydrogen (secondary N) is 2. The Morgan fingerprint density at radius 1 is 1.52 bits per heavy atom. The Hall–Kier alpha value is -0.430. The summed E-state index contributed by atoms with van der Waals surface area (Å²) < 4.78 is 0.691. The predicted molar refractivity (Wildman–Crippen MR) is 93.8 cm³/mol. The average molecular weight is 348 g/mol. The number of halogens is 1. The van der Waals surface area contributed by atoms with Crippen molar-refractivity contribution in [3.05, 3.63) is 21.3 Å². The third-order valence-electron chi connectivity index (χ3n) is 3.21. The maximum absolute atomic E-state index is 10.1. The van der Waals surface area contributed by atoms with Crippen molar-refractivity contribution in [2.24, 2.45) is 4.99 Å². The summed E-state index contributed by atoms with van der Waals surface area (Å²) in [6.45, 7) is 4.11. The van der Waals surface area contributed by atoms with E-state index in [9.17, 15) is 5.11 Å². The van der Waals surface area contributed by atoms with Crippen LogP contribution in [0, 0.1) is 0 Å². The number of rotatable bonds is 6.